The van der Waals surface area contributed by atoms with Gasteiger partial charge in [-0.15, -0.1) is 0 Å². The molecule has 2 aliphatic heterocycles. The maximum Gasteiger partial charge on any atom is 0.223 e. The fourth-order valence-corrected chi connectivity index (χ4v) is 3.99. The molecule has 3 nitrogen and oxygen atoms in total. The maximum absolute atomic E-state index is 12.6. The van der Waals surface area contributed by atoms with Crippen molar-refractivity contribution in [2.45, 2.75) is 50.8 Å². The lowest BCUT2D eigenvalue weighted by molar-refractivity contribution is -0.133. The number of ether oxygens (including phenoxy) is 1. The molecule has 0 spiro atoms. The molecule has 1 amide bonds. The molecule has 2 heterocycles. The molecule has 4 rings (SSSR count). The van der Waals surface area contributed by atoms with Crippen LogP contribution in [0.4, 0.5) is 0 Å². The highest BCUT2D eigenvalue weighted by atomic mass is 16.5. The summed E-state index contributed by atoms with van der Waals surface area (Å²) in [7, 11) is 0. The monoisotopic (exact) mass is 347 g/mol. The first-order valence-corrected chi connectivity index (χ1v) is 9.53. The third kappa shape index (κ3) is 3.82. The van der Waals surface area contributed by atoms with E-state index in [1.807, 2.05) is 30.3 Å². The van der Waals surface area contributed by atoms with Crippen molar-refractivity contribution in [1.29, 1.82) is 0 Å². The number of hydrogen-bond donors (Lipinski definition) is 0. The van der Waals surface area contributed by atoms with Gasteiger partial charge in [0.05, 0.1) is 6.04 Å². The Bertz CT molecular complexity index is 767. The SMILES string of the molecule is O=C(CCc1ccc(OCc2ccccc2)cc1)N1C2C=CCC1CC2. The predicted octanol–water partition coefficient (Wildman–Crippen LogP) is 4.52. The summed E-state index contributed by atoms with van der Waals surface area (Å²) in [6.07, 6.45) is 9.12. The highest BCUT2D eigenvalue weighted by Gasteiger charge is 2.36. The Hall–Kier alpha value is -2.55. The van der Waals surface area contributed by atoms with E-state index in [0.29, 0.717) is 31.0 Å². The van der Waals surface area contributed by atoms with E-state index < -0.39 is 0 Å². The number of hydrogen-bond acceptors (Lipinski definition) is 2. The summed E-state index contributed by atoms with van der Waals surface area (Å²) in [5.41, 5.74) is 2.35. The Morgan fingerprint density at radius 2 is 1.81 bits per heavy atom. The number of amides is 1. The minimum absolute atomic E-state index is 0.297. The fourth-order valence-electron chi connectivity index (χ4n) is 3.99. The number of nitrogens with zero attached hydrogens (tertiary/aromatic N) is 1. The van der Waals surface area contributed by atoms with Gasteiger partial charge in [0.15, 0.2) is 0 Å². The smallest absolute Gasteiger partial charge is 0.223 e. The van der Waals surface area contributed by atoms with Gasteiger partial charge in [0.2, 0.25) is 5.91 Å². The van der Waals surface area contributed by atoms with Crippen LogP contribution < -0.4 is 4.74 Å². The number of rotatable bonds is 6. The Morgan fingerprint density at radius 1 is 1.00 bits per heavy atom. The van der Waals surface area contributed by atoms with Crippen LogP contribution in [0.3, 0.4) is 0 Å². The molecular weight excluding hydrogens is 322 g/mol. The number of fused-ring (bicyclic) bond motifs is 2. The molecule has 2 aromatic rings. The van der Waals surface area contributed by atoms with E-state index >= 15 is 0 Å². The zero-order valence-electron chi connectivity index (χ0n) is 15.0. The minimum Gasteiger partial charge on any atom is -0.489 e. The Labute approximate surface area is 155 Å². The lowest BCUT2D eigenvalue weighted by Gasteiger charge is -2.31. The van der Waals surface area contributed by atoms with E-state index in [1.54, 1.807) is 0 Å². The Kier molecular flexibility index (Phi) is 5.05. The van der Waals surface area contributed by atoms with Gasteiger partial charge >= 0.3 is 0 Å². The van der Waals surface area contributed by atoms with Gasteiger partial charge in [0.25, 0.3) is 0 Å². The minimum atomic E-state index is 0.297. The normalized spacial score (nSPS) is 21.0. The summed E-state index contributed by atoms with van der Waals surface area (Å²) in [4.78, 5) is 14.7. The molecule has 3 heteroatoms. The Balaban J connectivity index is 1.28. The van der Waals surface area contributed by atoms with Gasteiger partial charge in [-0.2, -0.15) is 0 Å². The fraction of sp³-hybridized carbons (Fsp3) is 0.348. The molecule has 2 aliphatic rings. The number of carbonyl (C=O) groups excluding carboxylic acids is 1. The zero-order chi connectivity index (χ0) is 17.8. The van der Waals surface area contributed by atoms with Crippen molar-refractivity contribution >= 4 is 5.91 Å². The van der Waals surface area contributed by atoms with Crippen LogP contribution in [0.2, 0.25) is 0 Å². The molecule has 0 N–H and O–H groups in total. The van der Waals surface area contributed by atoms with Gasteiger partial charge in [0, 0.05) is 12.5 Å². The lowest BCUT2D eigenvalue weighted by Crippen LogP contribution is -2.42. The summed E-state index contributed by atoms with van der Waals surface area (Å²) in [6.45, 7) is 0.573. The molecule has 0 saturated carbocycles. The highest BCUT2D eigenvalue weighted by molar-refractivity contribution is 5.78. The third-order valence-corrected chi connectivity index (χ3v) is 5.40. The van der Waals surface area contributed by atoms with E-state index in [-0.39, 0.29) is 0 Å². The highest BCUT2D eigenvalue weighted by Crippen LogP contribution is 2.32. The van der Waals surface area contributed by atoms with Gasteiger partial charge in [-0.05, 0) is 48.9 Å². The average molecular weight is 347 g/mol. The first kappa shape index (κ1) is 16.9. The summed E-state index contributed by atoms with van der Waals surface area (Å²) < 4.78 is 5.82. The summed E-state index contributed by atoms with van der Waals surface area (Å²) in [6, 6.07) is 19.1. The van der Waals surface area contributed by atoms with Crippen molar-refractivity contribution in [2.24, 2.45) is 0 Å². The van der Waals surface area contributed by atoms with Crippen LogP contribution in [0, 0.1) is 0 Å². The first-order chi connectivity index (χ1) is 12.8. The van der Waals surface area contributed by atoms with Gasteiger partial charge in [0.1, 0.15) is 12.4 Å². The van der Waals surface area contributed by atoms with Crippen molar-refractivity contribution in [2.75, 3.05) is 0 Å². The predicted molar refractivity (Wildman–Crippen MR) is 103 cm³/mol. The van der Waals surface area contributed by atoms with Crippen LogP contribution in [-0.4, -0.2) is 22.9 Å². The molecule has 2 aromatic carbocycles. The second kappa shape index (κ2) is 7.77. The topological polar surface area (TPSA) is 29.5 Å². The van der Waals surface area contributed by atoms with Crippen molar-refractivity contribution in [3.05, 3.63) is 77.9 Å². The Morgan fingerprint density at radius 3 is 2.58 bits per heavy atom. The van der Waals surface area contributed by atoms with E-state index in [1.165, 1.54) is 5.56 Å². The average Bonchev–Trinajstić information content (AvgIpc) is 2.95. The molecule has 0 radical (unpaired) electrons. The van der Waals surface area contributed by atoms with Gasteiger partial charge in [-0.1, -0.05) is 54.6 Å². The van der Waals surface area contributed by atoms with E-state index in [9.17, 15) is 4.79 Å². The summed E-state index contributed by atoms with van der Waals surface area (Å²) in [5, 5.41) is 0. The van der Waals surface area contributed by atoms with Crippen LogP contribution in [-0.2, 0) is 17.8 Å². The molecule has 2 bridgehead atoms. The van der Waals surface area contributed by atoms with E-state index in [2.05, 4.69) is 41.3 Å². The molecule has 26 heavy (non-hydrogen) atoms. The van der Waals surface area contributed by atoms with Crippen LogP contribution >= 0.6 is 0 Å². The summed E-state index contributed by atoms with van der Waals surface area (Å²) in [5.74, 6) is 1.16. The van der Waals surface area contributed by atoms with Crippen LogP contribution in [0.25, 0.3) is 0 Å². The molecular formula is C23H25NO2. The molecule has 134 valence electrons. The van der Waals surface area contributed by atoms with Crippen molar-refractivity contribution in [1.82, 2.24) is 4.90 Å². The van der Waals surface area contributed by atoms with Gasteiger partial charge in [-0.3, -0.25) is 4.79 Å². The third-order valence-electron chi connectivity index (χ3n) is 5.40. The quantitative estimate of drug-likeness (QED) is 0.719. The van der Waals surface area contributed by atoms with Crippen molar-refractivity contribution in [3.63, 3.8) is 0 Å². The maximum atomic E-state index is 12.6. The van der Waals surface area contributed by atoms with Gasteiger partial charge < -0.3 is 9.64 Å². The van der Waals surface area contributed by atoms with Crippen LogP contribution in [0.1, 0.15) is 36.8 Å². The zero-order valence-corrected chi connectivity index (χ0v) is 15.0. The van der Waals surface area contributed by atoms with Crippen molar-refractivity contribution < 1.29 is 9.53 Å². The molecule has 1 fully saturated rings. The second-order valence-corrected chi connectivity index (χ2v) is 7.18. The summed E-state index contributed by atoms with van der Waals surface area (Å²) >= 11 is 0. The lowest BCUT2D eigenvalue weighted by atomic mass is 10.1. The van der Waals surface area contributed by atoms with Gasteiger partial charge in [-0.25, -0.2) is 0 Å². The molecule has 0 aliphatic carbocycles. The number of carbonyl (C=O) groups is 1. The number of aryl methyl sites for hydroxylation is 1. The van der Waals surface area contributed by atoms with Crippen LogP contribution in [0.15, 0.2) is 66.7 Å². The first-order valence-electron chi connectivity index (χ1n) is 9.53. The van der Waals surface area contributed by atoms with E-state index in [0.717, 1.165) is 37.0 Å². The molecule has 1 saturated heterocycles. The van der Waals surface area contributed by atoms with Crippen molar-refractivity contribution in [3.8, 4) is 5.75 Å². The number of benzene rings is 2. The second-order valence-electron chi connectivity index (χ2n) is 7.18. The molecule has 2 atom stereocenters. The molecule has 0 aromatic heterocycles. The molecule has 2 unspecified atom stereocenters. The van der Waals surface area contributed by atoms with Crippen LogP contribution in [0.5, 0.6) is 5.75 Å². The largest absolute Gasteiger partial charge is 0.489 e. The standard InChI is InChI=1S/C23H25NO2/c25-23(24-20-7-4-8-21(24)13-12-20)16-11-18-9-14-22(15-10-18)26-17-19-5-2-1-3-6-19/h1-7,9-10,14-15,20-21H,8,11-13,16-17H2. The van der Waals surface area contributed by atoms with E-state index in [4.69, 9.17) is 4.74 Å².